The SMILES string of the molecule is CC/C=C\C/C=C\C/C=C\CCCCCCCC(=O)OC(CCCCC/C=C\C/C=C\CCCCCCC)CCCCCCCC(=O)O. The summed E-state index contributed by atoms with van der Waals surface area (Å²) in [5.41, 5.74) is 0. The lowest BCUT2D eigenvalue weighted by Crippen LogP contribution is -2.18. The van der Waals surface area contributed by atoms with Gasteiger partial charge < -0.3 is 9.84 Å². The van der Waals surface area contributed by atoms with Gasteiger partial charge in [-0.2, -0.15) is 0 Å². The first kappa shape index (κ1) is 45.6. The van der Waals surface area contributed by atoms with Crippen LogP contribution in [0.2, 0.25) is 0 Å². The standard InChI is InChI=1S/C44H76O4/c1-3-5-7-9-11-13-15-17-19-21-23-25-27-30-34-38-42(39-35-31-29-32-36-40-43(45)46)48-44(47)41-37-33-28-26-24-22-20-18-16-14-12-10-8-6-4-2/h6,8,12,14-15,17-18,20-21,23,42H,3-5,7,9-11,13,16,19,22,24-41H2,1-2H3,(H,45,46)/b8-6-,14-12-,17-15-,20-18-,23-21-. The molecular formula is C44H76O4. The van der Waals surface area contributed by atoms with Gasteiger partial charge in [-0.1, -0.05) is 145 Å². The predicted octanol–water partition coefficient (Wildman–Crippen LogP) is 14.1. The third-order valence-electron chi connectivity index (χ3n) is 8.72. The van der Waals surface area contributed by atoms with Gasteiger partial charge in [0.25, 0.3) is 0 Å². The summed E-state index contributed by atoms with van der Waals surface area (Å²) >= 11 is 0. The second-order valence-electron chi connectivity index (χ2n) is 13.4. The highest BCUT2D eigenvalue weighted by Gasteiger charge is 2.14. The molecule has 0 aliphatic rings. The number of rotatable bonds is 36. The van der Waals surface area contributed by atoms with Crippen molar-refractivity contribution in [1.29, 1.82) is 0 Å². The first-order valence-electron chi connectivity index (χ1n) is 20.3. The van der Waals surface area contributed by atoms with E-state index in [-0.39, 0.29) is 18.5 Å². The van der Waals surface area contributed by atoms with Crippen molar-refractivity contribution in [3.05, 3.63) is 60.8 Å². The van der Waals surface area contributed by atoms with Crippen LogP contribution in [0.3, 0.4) is 0 Å². The molecule has 0 bridgehead atoms. The van der Waals surface area contributed by atoms with Gasteiger partial charge in [0.2, 0.25) is 0 Å². The number of hydrogen-bond donors (Lipinski definition) is 1. The quantitative estimate of drug-likeness (QED) is 0.0410. The molecule has 0 spiro atoms. The van der Waals surface area contributed by atoms with E-state index in [0.717, 1.165) is 103 Å². The number of carbonyl (C=O) groups excluding carboxylic acids is 1. The molecule has 0 aromatic carbocycles. The lowest BCUT2D eigenvalue weighted by molar-refractivity contribution is -0.150. The molecule has 0 aliphatic carbocycles. The minimum atomic E-state index is -0.708. The van der Waals surface area contributed by atoms with Crippen LogP contribution in [0.4, 0.5) is 0 Å². The molecule has 0 aromatic rings. The van der Waals surface area contributed by atoms with E-state index in [2.05, 4.69) is 74.6 Å². The summed E-state index contributed by atoms with van der Waals surface area (Å²) in [6.07, 6.45) is 53.8. The molecule has 0 heterocycles. The summed E-state index contributed by atoms with van der Waals surface area (Å²) < 4.78 is 5.99. The summed E-state index contributed by atoms with van der Waals surface area (Å²) in [6, 6.07) is 0. The van der Waals surface area contributed by atoms with Gasteiger partial charge in [-0.25, -0.2) is 0 Å². The number of allylic oxidation sites excluding steroid dienone is 10. The van der Waals surface area contributed by atoms with Gasteiger partial charge in [-0.3, -0.25) is 9.59 Å². The number of unbranched alkanes of at least 4 members (excludes halogenated alkanes) is 17. The molecule has 0 saturated carbocycles. The minimum absolute atomic E-state index is 0.0219. The smallest absolute Gasteiger partial charge is 0.306 e. The second kappa shape index (κ2) is 39.1. The molecule has 0 fully saturated rings. The Labute approximate surface area is 297 Å². The molecule has 0 aromatic heterocycles. The molecule has 0 saturated heterocycles. The largest absolute Gasteiger partial charge is 0.481 e. The lowest BCUT2D eigenvalue weighted by Gasteiger charge is -2.18. The zero-order valence-electron chi connectivity index (χ0n) is 31.5. The maximum Gasteiger partial charge on any atom is 0.306 e. The minimum Gasteiger partial charge on any atom is -0.481 e. The van der Waals surface area contributed by atoms with Crippen LogP contribution < -0.4 is 0 Å². The molecule has 4 nitrogen and oxygen atoms in total. The molecule has 0 amide bonds. The van der Waals surface area contributed by atoms with Gasteiger partial charge in [-0.05, 0) is 103 Å². The fourth-order valence-corrected chi connectivity index (χ4v) is 5.76. The van der Waals surface area contributed by atoms with Crippen LogP contribution in [0.1, 0.15) is 200 Å². The maximum atomic E-state index is 12.7. The number of esters is 1. The van der Waals surface area contributed by atoms with Crippen molar-refractivity contribution in [3.8, 4) is 0 Å². The van der Waals surface area contributed by atoms with Crippen molar-refractivity contribution < 1.29 is 19.4 Å². The zero-order chi connectivity index (χ0) is 35.0. The Balaban J connectivity index is 4.15. The molecule has 0 rings (SSSR count). The normalized spacial score (nSPS) is 12.9. The molecule has 1 N–H and O–H groups in total. The van der Waals surface area contributed by atoms with Crippen LogP contribution in [-0.2, 0) is 14.3 Å². The Bertz CT molecular complexity index is 850. The van der Waals surface area contributed by atoms with Crippen molar-refractivity contribution >= 4 is 11.9 Å². The van der Waals surface area contributed by atoms with Crippen LogP contribution in [0.25, 0.3) is 0 Å². The average molecular weight is 669 g/mol. The third-order valence-corrected chi connectivity index (χ3v) is 8.72. The van der Waals surface area contributed by atoms with Crippen molar-refractivity contribution in [2.75, 3.05) is 0 Å². The Hall–Kier alpha value is -2.36. The zero-order valence-corrected chi connectivity index (χ0v) is 31.5. The Morgan fingerprint density at radius 2 is 0.875 bits per heavy atom. The van der Waals surface area contributed by atoms with Gasteiger partial charge >= 0.3 is 11.9 Å². The summed E-state index contributed by atoms with van der Waals surface area (Å²) in [6.45, 7) is 4.42. The highest BCUT2D eigenvalue weighted by molar-refractivity contribution is 5.69. The van der Waals surface area contributed by atoms with Gasteiger partial charge in [0.05, 0.1) is 0 Å². The van der Waals surface area contributed by atoms with Crippen LogP contribution in [0, 0.1) is 0 Å². The number of hydrogen-bond acceptors (Lipinski definition) is 3. The van der Waals surface area contributed by atoms with Crippen LogP contribution in [-0.4, -0.2) is 23.1 Å². The molecule has 276 valence electrons. The highest BCUT2D eigenvalue weighted by atomic mass is 16.5. The van der Waals surface area contributed by atoms with Crippen molar-refractivity contribution in [1.82, 2.24) is 0 Å². The van der Waals surface area contributed by atoms with Crippen LogP contribution >= 0.6 is 0 Å². The van der Waals surface area contributed by atoms with E-state index in [1.165, 1.54) is 70.6 Å². The van der Waals surface area contributed by atoms with Gasteiger partial charge in [0, 0.05) is 12.8 Å². The van der Waals surface area contributed by atoms with E-state index in [1.807, 2.05) is 0 Å². The van der Waals surface area contributed by atoms with Crippen molar-refractivity contribution in [2.24, 2.45) is 0 Å². The number of carboxylic acid groups (broad SMARTS) is 1. The van der Waals surface area contributed by atoms with Gasteiger partial charge in [0.15, 0.2) is 0 Å². The van der Waals surface area contributed by atoms with Crippen LogP contribution in [0.5, 0.6) is 0 Å². The van der Waals surface area contributed by atoms with E-state index in [1.54, 1.807) is 0 Å². The predicted molar refractivity (Wildman–Crippen MR) is 208 cm³/mol. The van der Waals surface area contributed by atoms with E-state index < -0.39 is 5.97 Å². The lowest BCUT2D eigenvalue weighted by atomic mass is 10.0. The van der Waals surface area contributed by atoms with Gasteiger partial charge in [-0.15, -0.1) is 0 Å². The Morgan fingerprint density at radius 1 is 0.479 bits per heavy atom. The summed E-state index contributed by atoms with van der Waals surface area (Å²) in [5, 5.41) is 8.83. The van der Waals surface area contributed by atoms with Crippen LogP contribution in [0.15, 0.2) is 60.8 Å². The van der Waals surface area contributed by atoms with E-state index in [0.29, 0.717) is 6.42 Å². The average Bonchev–Trinajstić information content (AvgIpc) is 3.07. The number of aliphatic carboxylic acids is 1. The Morgan fingerprint density at radius 3 is 1.38 bits per heavy atom. The fraction of sp³-hybridized carbons (Fsp3) is 0.727. The third kappa shape index (κ3) is 38.1. The molecule has 1 unspecified atom stereocenters. The molecule has 0 radical (unpaired) electrons. The molecule has 0 aliphatic heterocycles. The monoisotopic (exact) mass is 669 g/mol. The topological polar surface area (TPSA) is 63.6 Å². The number of carbonyl (C=O) groups is 2. The van der Waals surface area contributed by atoms with E-state index >= 15 is 0 Å². The molecule has 4 heteroatoms. The molecule has 48 heavy (non-hydrogen) atoms. The second-order valence-corrected chi connectivity index (χ2v) is 13.4. The molecule has 1 atom stereocenters. The summed E-state index contributed by atoms with van der Waals surface area (Å²) in [7, 11) is 0. The van der Waals surface area contributed by atoms with Gasteiger partial charge in [0.1, 0.15) is 6.10 Å². The fourth-order valence-electron chi connectivity index (χ4n) is 5.76. The first-order chi connectivity index (χ1) is 23.6. The maximum absolute atomic E-state index is 12.7. The molecular weight excluding hydrogens is 592 g/mol. The first-order valence-corrected chi connectivity index (χ1v) is 20.3. The summed E-state index contributed by atoms with van der Waals surface area (Å²) in [4.78, 5) is 23.4. The number of ether oxygens (including phenoxy) is 1. The van der Waals surface area contributed by atoms with Crippen molar-refractivity contribution in [3.63, 3.8) is 0 Å². The van der Waals surface area contributed by atoms with E-state index in [9.17, 15) is 9.59 Å². The summed E-state index contributed by atoms with van der Waals surface area (Å²) in [5.74, 6) is -0.736. The highest BCUT2D eigenvalue weighted by Crippen LogP contribution is 2.18. The number of carboxylic acids is 1. The Kier molecular flexibility index (Phi) is 37.2. The van der Waals surface area contributed by atoms with E-state index in [4.69, 9.17) is 9.84 Å². The van der Waals surface area contributed by atoms with Crippen molar-refractivity contribution in [2.45, 2.75) is 206 Å².